The summed E-state index contributed by atoms with van der Waals surface area (Å²) in [5.74, 6) is 8.78. The van der Waals surface area contributed by atoms with Gasteiger partial charge in [0, 0.05) is 41.8 Å². The molecule has 0 aliphatic carbocycles. The van der Waals surface area contributed by atoms with Crippen LogP contribution >= 0.6 is 15.9 Å². The van der Waals surface area contributed by atoms with Crippen molar-refractivity contribution in [1.29, 1.82) is 0 Å². The Morgan fingerprint density at radius 2 is 1.81 bits per heavy atom. The van der Waals surface area contributed by atoms with Gasteiger partial charge < -0.3 is 20.5 Å². The molecule has 0 bridgehead atoms. The van der Waals surface area contributed by atoms with E-state index in [0.29, 0.717) is 30.7 Å². The fourth-order valence-electron chi connectivity index (χ4n) is 3.03. The van der Waals surface area contributed by atoms with Gasteiger partial charge in [0.1, 0.15) is 35.2 Å². The van der Waals surface area contributed by atoms with E-state index < -0.39 is 0 Å². The number of hydrogen-bond acceptors (Lipinski definition) is 7. The molecule has 0 unspecified atom stereocenters. The Labute approximate surface area is 194 Å². The Hall–Kier alpha value is -3.83. The number of pyridine rings is 3. The van der Waals surface area contributed by atoms with Crippen molar-refractivity contribution in [2.24, 2.45) is 0 Å². The van der Waals surface area contributed by atoms with Crippen LogP contribution in [0.15, 0.2) is 65.5 Å². The molecule has 3 aromatic heterocycles. The molecule has 160 valence electrons. The minimum absolute atomic E-state index is 0.379. The Kier molecular flexibility index (Phi) is 6.68. The number of rotatable bonds is 6. The van der Waals surface area contributed by atoms with Gasteiger partial charge in [0.25, 0.3) is 0 Å². The van der Waals surface area contributed by atoms with Crippen molar-refractivity contribution in [3.63, 3.8) is 0 Å². The van der Waals surface area contributed by atoms with Crippen LogP contribution in [-0.4, -0.2) is 35.2 Å². The molecule has 7 nitrogen and oxygen atoms in total. The molecular weight excluding hydrogens is 470 g/mol. The van der Waals surface area contributed by atoms with E-state index in [-0.39, 0.29) is 0 Å². The molecule has 0 radical (unpaired) electrons. The zero-order valence-corrected chi connectivity index (χ0v) is 18.9. The molecule has 0 saturated heterocycles. The van der Waals surface area contributed by atoms with Gasteiger partial charge >= 0.3 is 0 Å². The second-order valence-corrected chi connectivity index (χ2v) is 7.51. The number of halogens is 1. The lowest BCUT2D eigenvalue weighted by molar-refractivity contribution is 0.211. The summed E-state index contributed by atoms with van der Waals surface area (Å²) in [7, 11) is 1.81. The molecule has 0 amide bonds. The van der Waals surface area contributed by atoms with E-state index in [1.165, 1.54) is 0 Å². The smallest absolute Gasteiger partial charge is 0.214 e. The van der Waals surface area contributed by atoms with Gasteiger partial charge in [-0.1, -0.05) is 24.0 Å². The first-order valence-corrected chi connectivity index (χ1v) is 10.6. The number of anilines is 2. The molecule has 3 N–H and O–H groups in total. The van der Waals surface area contributed by atoms with E-state index in [1.807, 2.05) is 49.5 Å². The Morgan fingerprint density at radius 3 is 2.66 bits per heavy atom. The van der Waals surface area contributed by atoms with E-state index in [9.17, 15) is 0 Å². The van der Waals surface area contributed by atoms with Gasteiger partial charge in [0.2, 0.25) is 5.88 Å². The van der Waals surface area contributed by atoms with Gasteiger partial charge in [0.05, 0.1) is 5.56 Å². The van der Waals surface area contributed by atoms with Crippen molar-refractivity contribution in [3.8, 4) is 23.5 Å². The maximum absolute atomic E-state index is 5.88. The maximum atomic E-state index is 5.88. The van der Waals surface area contributed by atoms with Gasteiger partial charge in [-0.3, -0.25) is 0 Å². The molecule has 4 rings (SSSR count). The maximum Gasteiger partial charge on any atom is 0.214 e. The summed E-state index contributed by atoms with van der Waals surface area (Å²) < 4.78 is 12.1. The van der Waals surface area contributed by atoms with Gasteiger partial charge in [-0.15, -0.1) is 0 Å². The lowest BCUT2D eigenvalue weighted by atomic mass is 10.1. The third-order valence-electron chi connectivity index (χ3n) is 4.50. The summed E-state index contributed by atoms with van der Waals surface area (Å²) in [6, 6.07) is 14.9. The highest BCUT2D eigenvalue weighted by atomic mass is 79.9. The largest absolute Gasteiger partial charge is 0.490 e. The molecule has 0 spiro atoms. The summed E-state index contributed by atoms with van der Waals surface area (Å²) in [5.41, 5.74) is 7.48. The zero-order chi connectivity index (χ0) is 22.3. The molecule has 3 heterocycles. The van der Waals surface area contributed by atoms with Crippen LogP contribution < -0.4 is 20.5 Å². The highest BCUT2D eigenvalue weighted by Crippen LogP contribution is 2.24. The minimum atomic E-state index is 0.379. The van der Waals surface area contributed by atoms with Crippen LogP contribution in [0.4, 0.5) is 11.6 Å². The number of aromatic nitrogens is 3. The van der Waals surface area contributed by atoms with Crippen molar-refractivity contribution >= 4 is 38.3 Å². The van der Waals surface area contributed by atoms with Crippen molar-refractivity contribution in [3.05, 3.63) is 76.7 Å². The highest BCUT2D eigenvalue weighted by Gasteiger charge is 2.06. The second kappa shape index (κ2) is 9.98. The molecule has 0 saturated carbocycles. The lowest BCUT2D eigenvalue weighted by Crippen LogP contribution is -2.09. The zero-order valence-electron chi connectivity index (χ0n) is 17.3. The summed E-state index contributed by atoms with van der Waals surface area (Å²) in [6.07, 6.45) is 3.43. The van der Waals surface area contributed by atoms with Crippen LogP contribution in [0.5, 0.6) is 11.6 Å². The molecule has 0 atom stereocenters. The summed E-state index contributed by atoms with van der Waals surface area (Å²) in [6.45, 7) is 0.766. The van der Waals surface area contributed by atoms with Crippen molar-refractivity contribution in [2.45, 2.75) is 0 Å². The number of nitrogens with zero attached hydrogens (tertiary/aromatic N) is 3. The summed E-state index contributed by atoms with van der Waals surface area (Å²) in [4.78, 5) is 12.8. The van der Waals surface area contributed by atoms with E-state index in [0.717, 1.165) is 32.3 Å². The first-order valence-electron chi connectivity index (χ1n) is 9.84. The summed E-state index contributed by atoms with van der Waals surface area (Å²) >= 11 is 3.32. The Morgan fingerprint density at radius 1 is 0.969 bits per heavy atom. The first-order chi connectivity index (χ1) is 15.6. The van der Waals surface area contributed by atoms with Crippen LogP contribution in [-0.2, 0) is 0 Å². The minimum Gasteiger partial charge on any atom is -0.490 e. The van der Waals surface area contributed by atoms with Gasteiger partial charge in [-0.2, -0.15) is 0 Å². The normalized spacial score (nSPS) is 10.3. The highest BCUT2D eigenvalue weighted by molar-refractivity contribution is 9.10. The number of ether oxygens (including phenoxy) is 2. The number of fused-ring (bicyclic) bond motifs is 1. The van der Waals surface area contributed by atoms with Gasteiger partial charge in [-0.05, 0) is 46.3 Å². The predicted molar refractivity (Wildman–Crippen MR) is 129 cm³/mol. The molecule has 8 heteroatoms. The van der Waals surface area contributed by atoms with Crippen LogP contribution in [0, 0.1) is 11.8 Å². The molecule has 0 aliphatic heterocycles. The third kappa shape index (κ3) is 5.25. The number of nitrogen functional groups attached to an aromatic ring is 1. The number of hydrogen-bond donors (Lipinski definition) is 2. The second-order valence-electron chi connectivity index (χ2n) is 6.70. The fraction of sp³-hybridized carbons (Fsp3) is 0.125. The van der Waals surface area contributed by atoms with E-state index in [1.54, 1.807) is 18.5 Å². The predicted octanol–water partition coefficient (Wildman–Crippen LogP) is 4.27. The molecule has 1 aromatic carbocycles. The molecule has 32 heavy (non-hydrogen) atoms. The molecular formula is C24H20BrN5O2. The van der Waals surface area contributed by atoms with Crippen LogP contribution in [0.25, 0.3) is 10.8 Å². The average molecular weight is 490 g/mol. The molecule has 4 aromatic rings. The van der Waals surface area contributed by atoms with Crippen LogP contribution in [0.1, 0.15) is 11.1 Å². The Bertz CT molecular complexity index is 1320. The number of nitrogens with two attached hydrogens (primary N) is 1. The van der Waals surface area contributed by atoms with Crippen molar-refractivity contribution < 1.29 is 9.47 Å². The van der Waals surface area contributed by atoms with E-state index in [4.69, 9.17) is 15.2 Å². The van der Waals surface area contributed by atoms with E-state index >= 15 is 0 Å². The summed E-state index contributed by atoms with van der Waals surface area (Å²) in [5, 5.41) is 4.83. The SMILES string of the molecule is CNc1ncc(C#Cc2cccc(OCCOc3cccc(Br)n3)c2)c2cc(N)ncc12. The average Bonchev–Trinajstić information content (AvgIpc) is 2.80. The van der Waals surface area contributed by atoms with E-state index in [2.05, 4.69) is 48.0 Å². The molecule has 0 aliphatic rings. The van der Waals surface area contributed by atoms with Gasteiger partial charge in [0.15, 0.2) is 0 Å². The van der Waals surface area contributed by atoms with Crippen LogP contribution in [0.2, 0.25) is 0 Å². The monoisotopic (exact) mass is 489 g/mol. The van der Waals surface area contributed by atoms with Crippen molar-refractivity contribution in [1.82, 2.24) is 15.0 Å². The topological polar surface area (TPSA) is 95.2 Å². The first kappa shape index (κ1) is 21.4. The van der Waals surface area contributed by atoms with Gasteiger partial charge in [-0.25, -0.2) is 15.0 Å². The number of benzene rings is 1. The number of nitrogens with one attached hydrogen (secondary N) is 1. The third-order valence-corrected chi connectivity index (χ3v) is 4.94. The Balaban J connectivity index is 1.45. The van der Waals surface area contributed by atoms with Crippen LogP contribution in [0.3, 0.4) is 0 Å². The fourth-order valence-corrected chi connectivity index (χ4v) is 3.36. The quantitative estimate of drug-likeness (QED) is 0.237. The standard InChI is InChI=1S/C24H20BrN5O2/c1-27-24-20-15-28-22(26)13-19(20)17(14-29-24)9-8-16-4-2-5-18(12-16)31-10-11-32-23-7-3-6-21(25)30-23/h2-7,12-15H,10-11H2,1H3,(H2,26,28)(H,27,29). The lowest BCUT2D eigenvalue weighted by Gasteiger charge is -2.08. The molecule has 0 fully saturated rings. The van der Waals surface area contributed by atoms with Crippen molar-refractivity contribution in [2.75, 3.05) is 31.3 Å².